The number of amides is 1. The number of rotatable bonds is 5. The topological polar surface area (TPSA) is 50.7 Å². The molecule has 0 spiro atoms. The highest BCUT2D eigenvalue weighted by atomic mass is 32.1. The van der Waals surface area contributed by atoms with Crippen LogP contribution in [0.15, 0.2) is 77.2 Å². The van der Waals surface area contributed by atoms with Gasteiger partial charge in [0.05, 0.1) is 11.1 Å². The van der Waals surface area contributed by atoms with Gasteiger partial charge in [0.25, 0.3) is 5.91 Å². The monoisotopic (exact) mass is 322 g/mol. The van der Waals surface area contributed by atoms with Gasteiger partial charge in [-0.05, 0) is 53.4 Å². The highest BCUT2D eigenvalue weighted by Crippen LogP contribution is 2.20. The molecular formula is C18H14N2O2S. The fourth-order valence-electron chi connectivity index (χ4n) is 1.87. The Morgan fingerprint density at radius 3 is 2.39 bits per heavy atom. The number of carbonyl (C=O) groups excluding carboxylic acids is 1. The fourth-order valence-corrected chi connectivity index (χ4v) is 2.49. The van der Waals surface area contributed by atoms with E-state index in [9.17, 15) is 4.79 Å². The zero-order valence-electron chi connectivity index (χ0n) is 12.2. The molecular weight excluding hydrogens is 308 g/mol. The molecule has 0 atom stereocenters. The van der Waals surface area contributed by atoms with Crippen LogP contribution in [-0.4, -0.2) is 12.1 Å². The van der Waals surface area contributed by atoms with Crippen molar-refractivity contribution in [3.63, 3.8) is 0 Å². The molecule has 114 valence electrons. The summed E-state index contributed by atoms with van der Waals surface area (Å²) in [6, 6.07) is 20.6. The predicted molar refractivity (Wildman–Crippen MR) is 92.3 cm³/mol. The second-order valence-corrected chi connectivity index (χ2v) is 5.61. The van der Waals surface area contributed by atoms with Gasteiger partial charge >= 0.3 is 0 Å². The van der Waals surface area contributed by atoms with E-state index in [1.165, 1.54) is 11.3 Å². The summed E-state index contributed by atoms with van der Waals surface area (Å²) in [6.45, 7) is 0. The van der Waals surface area contributed by atoms with E-state index in [4.69, 9.17) is 4.74 Å². The minimum atomic E-state index is -0.208. The van der Waals surface area contributed by atoms with Gasteiger partial charge < -0.3 is 4.74 Å². The molecule has 3 rings (SSSR count). The summed E-state index contributed by atoms with van der Waals surface area (Å²) in [6.07, 6.45) is 1.60. The van der Waals surface area contributed by atoms with Gasteiger partial charge in [0.2, 0.25) is 0 Å². The highest BCUT2D eigenvalue weighted by molar-refractivity contribution is 7.12. The van der Waals surface area contributed by atoms with Crippen LogP contribution >= 0.6 is 11.3 Å². The second-order valence-electron chi connectivity index (χ2n) is 4.66. The van der Waals surface area contributed by atoms with Crippen LogP contribution in [-0.2, 0) is 0 Å². The minimum absolute atomic E-state index is 0.208. The maximum Gasteiger partial charge on any atom is 0.281 e. The van der Waals surface area contributed by atoms with Gasteiger partial charge in [-0.25, -0.2) is 5.43 Å². The fraction of sp³-hybridized carbons (Fsp3) is 0. The van der Waals surface area contributed by atoms with Crippen molar-refractivity contribution in [3.05, 3.63) is 82.6 Å². The Kier molecular flexibility index (Phi) is 4.81. The highest BCUT2D eigenvalue weighted by Gasteiger charge is 2.03. The molecule has 0 saturated heterocycles. The molecule has 0 aliphatic rings. The van der Waals surface area contributed by atoms with Crippen molar-refractivity contribution in [2.24, 2.45) is 5.10 Å². The predicted octanol–water partition coefficient (Wildman–Crippen LogP) is 4.30. The number of ether oxygens (including phenoxy) is 1. The van der Waals surface area contributed by atoms with E-state index in [1.807, 2.05) is 66.0 Å². The van der Waals surface area contributed by atoms with Crippen LogP contribution in [0, 0.1) is 0 Å². The maximum atomic E-state index is 11.7. The van der Waals surface area contributed by atoms with E-state index in [0.717, 1.165) is 17.1 Å². The van der Waals surface area contributed by atoms with E-state index in [1.54, 1.807) is 12.3 Å². The molecule has 0 fully saturated rings. The first-order chi connectivity index (χ1) is 11.3. The standard InChI is InChI=1S/C18H14N2O2S/c21-18(17-7-4-12-23-17)20-19-13-14-8-10-16(11-9-14)22-15-5-2-1-3-6-15/h1-13H,(H,20,21)/b19-13+. The largest absolute Gasteiger partial charge is 0.457 e. The zero-order valence-corrected chi connectivity index (χ0v) is 13.0. The molecule has 0 aliphatic heterocycles. The molecule has 1 amide bonds. The lowest BCUT2D eigenvalue weighted by atomic mass is 10.2. The normalized spacial score (nSPS) is 10.6. The van der Waals surface area contributed by atoms with Crippen molar-refractivity contribution < 1.29 is 9.53 Å². The summed E-state index contributed by atoms with van der Waals surface area (Å²) in [4.78, 5) is 12.4. The average Bonchev–Trinajstić information content (AvgIpc) is 3.12. The second kappa shape index (κ2) is 7.38. The van der Waals surface area contributed by atoms with E-state index in [-0.39, 0.29) is 5.91 Å². The Hall–Kier alpha value is -2.92. The molecule has 5 heteroatoms. The molecule has 1 heterocycles. The van der Waals surface area contributed by atoms with Crippen molar-refractivity contribution in [2.75, 3.05) is 0 Å². The van der Waals surface area contributed by atoms with Crippen LogP contribution in [0.1, 0.15) is 15.2 Å². The molecule has 3 aromatic rings. The van der Waals surface area contributed by atoms with Crippen LogP contribution in [0.2, 0.25) is 0 Å². The smallest absolute Gasteiger partial charge is 0.281 e. The lowest BCUT2D eigenvalue weighted by Gasteiger charge is -2.05. The third-order valence-electron chi connectivity index (χ3n) is 2.98. The van der Waals surface area contributed by atoms with Crippen molar-refractivity contribution >= 4 is 23.5 Å². The SMILES string of the molecule is O=C(N/N=C/c1ccc(Oc2ccccc2)cc1)c1cccs1. The van der Waals surface area contributed by atoms with Gasteiger partial charge in [-0.2, -0.15) is 5.10 Å². The number of carbonyl (C=O) groups is 1. The minimum Gasteiger partial charge on any atom is -0.457 e. The van der Waals surface area contributed by atoms with Gasteiger partial charge in [0, 0.05) is 0 Å². The number of thiophene rings is 1. The number of para-hydroxylation sites is 1. The summed E-state index contributed by atoms with van der Waals surface area (Å²) in [5.41, 5.74) is 3.37. The van der Waals surface area contributed by atoms with Crippen LogP contribution in [0.4, 0.5) is 0 Å². The van der Waals surface area contributed by atoms with Gasteiger partial charge in [-0.15, -0.1) is 11.3 Å². The van der Waals surface area contributed by atoms with E-state index >= 15 is 0 Å². The molecule has 4 nitrogen and oxygen atoms in total. The number of hydrazone groups is 1. The van der Waals surface area contributed by atoms with Crippen molar-refractivity contribution in [2.45, 2.75) is 0 Å². The molecule has 23 heavy (non-hydrogen) atoms. The Labute approximate surface area is 138 Å². The molecule has 0 aliphatic carbocycles. The summed E-state index contributed by atoms with van der Waals surface area (Å²) in [5, 5.41) is 5.80. The molecule has 0 radical (unpaired) electrons. The van der Waals surface area contributed by atoms with Crippen LogP contribution in [0.5, 0.6) is 11.5 Å². The van der Waals surface area contributed by atoms with Gasteiger partial charge in [-0.1, -0.05) is 24.3 Å². The van der Waals surface area contributed by atoms with E-state index in [2.05, 4.69) is 10.5 Å². The quantitative estimate of drug-likeness (QED) is 0.562. The first-order valence-corrected chi connectivity index (χ1v) is 7.89. The van der Waals surface area contributed by atoms with Crippen molar-refractivity contribution in [1.29, 1.82) is 0 Å². The van der Waals surface area contributed by atoms with Crippen LogP contribution < -0.4 is 10.2 Å². The number of hydrogen-bond donors (Lipinski definition) is 1. The number of nitrogens with one attached hydrogen (secondary N) is 1. The van der Waals surface area contributed by atoms with E-state index < -0.39 is 0 Å². The van der Waals surface area contributed by atoms with Gasteiger partial charge in [-0.3, -0.25) is 4.79 Å². The molecule has 0 saturated carbocycles. The lowest BCUT2D eigenvalue weighted by Crippen LogP contribution is -2.16. The Bertz CT molecular complexity index is 782. The lowest BCUT2D eigenvalue weighted by molar-refractivity contribution is 0.0959. The van der Waals surface area contributed by atoms with Gasteiger partial charge in [0.1, 0.15) is 11.5 Å². The van der Waals surface area contributed by atoms with Gasteiger partial charge in [0.15, 0.2) is 0 Å². The number of benzene rings is 2. The van der Waals surface area contributed by atoms with Crippen LogP contribution in [0.25, 0.3) is 0 Å². The van der Waals surface area contributed by atoms with E-state index in [0.29, 0.717) is 4.88 Å². The number of nitrogens with zero attached hydrogens (tertiary/aromatic N) is 1. The van der Waals surface area contributed by atoms with Crippen LogP contribution in [0.3, 0.4) is 0 Å². The molecule has 2 aromatic carbocycles. The summed E-state index contributed by atoms with van der Waals surface area (Å²) >= 11 is 1.38. The summed E-state index contributed by atoms with van der Waals surface area (Å²) in [5.74, 6) is 1.33. The molecule has 0 unspecified atom stereocenters. The summed E-state index contributed by atoms with van der Waals surface area (Å²) in [7, 11) is 0. The Balaban J connectivity index is 1.57. The van der Waals surface area contributed by atoms with Crippen molar-refractivity contribution in [1.82, 2.24) is 5.43 Å². The number of hydrogen-bond acceptors (Lipinski definition) is 4. The molecule has 0 bridgehead atoms. The van der Waals surface area contributed by atoms with Crippen molar-refractivity contribution in [3.8, 4) is 11.5 Å². The zero-order chi connectivity index (χ0) is 15.9. The molecule has 1 aromatic heterocycles. The average molecular weight is 322 g/mol. The first kappa shape index (κ1) is 15.0. The molecule has 1 N–H and O–H groups in total. The Morgan fingerprint density at radius 1 is 0.957 bits per heavy atom. The maximum absolute atomic E-state index is 11.7. The third kappa shape index (κ3) is 4.28. The Morgan fingerprint density at radius 2 is 1.70 bits per heavy atom. The summed E-state index contributed by atoms with van der Waals surface area (Å²) < 4.78 is 5.71. The third-order valence-corrected chi connectivity index (χ3v) is 3.85. The first-order valence-electron chi connectivity index (χ1n) is 7.01.